The molecule has 0 saturated heterocycles. The van der Waals surface area contributed by atoms with Crippen LogP contribution < -0.4 is 5.32 Å². The smallest absolute Gasteiger partial charge is 0.254 e. The molecule has 2 N–H and O–H groups in total. The molecule has 0 fully saturated rings. The van der Waals surface area contributed by atoms with Crippen LogP contribution in [0.4, 0.5) is 5.82 Å². The first-order valence-electron chi connectivity index (χ1n) is 7.29. The van der Waals surface area contributed by atoms with Gasteiger partial charge in [0.1, 0.15) is 5.82 Å². The summed E-state index contributed by atoms with van der Waals surface area (Å²) in [5, 5.41) is 13.0. The molecule has 23 heavy (non-hydrogen) atoms. The molecule has 2 aromatic rings. The summed E-state index contributed by atoms with van der Waals surface area (Å²) < 4.78 is 0. The Hall–Kier alpha value is -2.11. The zero-order chi connectivity index (χ0) is 16.8. The lowest BCUT2D eigenvalue weighted by atomic mass is 10.1. The number of hydrogen-bond acceptors (Lipinski definition) is 4. The van der Waals surface area contributed by atoms with Crippen molar-refractivity contribution in [3.05, 3.63) is 58.7 Å². The zero-order valence-corrected chi connectivity index (χ0v) is 13.9. The minimum atomic E-state index is -0.210. The predicted molar refractivity (Wildman–Crippen MR) is 91.9 cm³/mol. The number of aliphatic hydroxyl groups is 1. The third-order valence-corrected chi connectivity index (χ3v) is 3.67. The predicted octanol–water partition coefficient (Wildman–Crippen LogP) is 2.45. The molecule has 0 aliphatic heterocycles. The Morgan fingerprint density at radius 2 is 2.04 bits per heavy atom. The molecule has 1 aromatic carbocycles. The first kappa shape index (κ1) is 17.2. The fraction of sp³-hybridized carbons (Fsp3) is 0.294. The van der Waals surface area contributed by atoms with E-state index in [1.54, 1.807) is 20.2 Å². The molecule has 1 unspecified atom stereocenters. The number of pyridine rings is 1. The Balaban J connectivity index is 2.10. The molecule has 2 rings (SSSR count). The summed E-state index contributed by atoms with van der Waals surface area (Å²) in [6.07, 6.45) is 2.13. The molecule has 6 heteroatoms. The minimum Gasteiger partial charge on any atom is -0.394 e. The Morgan fingerprint density at radius 1 is 1.35 bits per heavy atom. The number of rotatable bonds is 6. The Morgan fingerprint density at radius 3 is 2.61 bits per heavy atom. The number of nitrogens with one attached hydrogen (secondary N) is 1. The number of hydrogen-bond donors (Lipinski definition) is 2. The summed E-state index contributed by atoms with van der Waals surface area (Å²) in [4.78, 5) is 17.6. The van der Waals surface area contributed by atoms with Crippen LogP contribution in [0.15, 0.2) is 42.6 Å². The standard InChI is InChI=1S/C17H20ClN3O2/c1-21(2)17(23)13-9-15(18)16(19-10-13)20-14(11-22)8-12-6-4-3-5-7-12/h3-7,9-10,14,22H,8,11H2,1-2H3,(H,19,20). The van der Waals surface area contributed by atoms with Gasteiger partial charge in [-0.2, -0.15) is 0 Å². The van der Waals surface area contributed by atoms with E-state index >= 15 is 0 Å². The molecular weight excluding hydrogens is 314 g/mol. The van der Waals surface area contributed by atoms with E-state index in [-0.39, 0.29) is 18.6 Å². The summed E-state index contributed by atoms with van der Waals surface area (Å²) >= 11 is 6.20. The van der Waals surface area contributed by atoms with Gasteiger partial charge in [0.2, 0.25) is 0 Å². The van der Waals surface area contributed by atoms with Crippen molar-refractivity contribution in [3.8, 4) is 0 Å². The van der Waals surface area contributed by atoms with Crippen molar-refractivity contribution in [2.24, 2.45) is 0 Å². The van der Waals surface area contributed by atoms with Gasteiger partial charge in [-0.05, 0) is 18.1 Å². The summed E-state index contributed by atoms with van der Waals surface area (Å²) in [5.74, 6) is 0.297. The number of aliphatic hydroxyl groups excluding tert-OH is 1. The number of benzene rings is 1. The maximum absolute atomic E-state index is 11.9. The Kier molecular flexibility index (Phi) is 5.96. The van der Waals surface area contributed by atoms with Crippen molar-refractivity contribution >= 4 is 23.3 Å². The van der Waals surface area contributed by atoms with E-state index in [0.29, 0.717) is 22.8 Å². The molecular formula is C17H20ClN3O2. The second kappa shape index (κ2) is 7.94. The van der Waals surface area contributed by atoms with Gasteiger partial charge < -0.3 is 15.3 Å². The second-order valence-electron chi connectivity index (χ2n) is 5.47. The number of amides is 1. The number of anilines is 1. The van der Waals surface area contributed by atoms with Crippen molar-refractivity contribution < 1.29 is 9.90 Å². The first-order valence-corrected chi connectivity index (χ1v) is 7.67. The van der Waals surface area contributed by atoms with Gasteiger partial charge in [0.25, 0.3) is 5.91 Å². The molecule has 0 spiro atoms. The first-order chi connectivity index (χ1) is 11.0. The molecule has 0 bridgehead atoms. The number of nitrogens with zero attached hydrogens (tertiary/aromatic N) is 2. The van der Waals surface area contributed by atoms with Crippen molar-refractivity contribution in [1.82, 2.24) is 9.88 Å². The lowest BCUT2D eigenvalue weighted by Crippen LogP contribution is -2.27. The van der Waals surface area contributed by atoms with Crippen LogP contribution in [0.2, 0.25) is 5.02 Å². The van der Waals surface area contributed by atoms with E-state index in [1.165, 1.54) is 11.1 Å². The largest absolute Gasteiger partial charge is 0.394 e. The van der Waals surface area contributed by atoms with Crippen LogP contribution in [0, 0.1) is 0 Å². The van der Waals surface area contributed by atoms with E-state index in [0.717, 1.165) is 5.56 Å². The summed E-state index contributed by atoms with van der Waals surface area (Å²) in [6, 6.07) is 11.2. The minimum absolute atomic E-state index is 0.0503. The SMILES string of the molecule is CN(C)C(=O)c1cnc(NC(CO)Cc2ccccc2)c(Cl)c1. The van der Waals surface area contributed by atoms with E-state index in [2.05, 4.69) is 10.3 Å². The van der Waals surface area contributed by atoms with Crippen LogP contribution in [-0.4, -0.2) is 47.6 Å². The van der Waals surface area contributed by atoms with E-state index in [4.69, 9.17) is 11.6 Å². The average Bonchev–Trinajstić information content (AvgIpc) is 2.56. The van der Waals surface area contributed by atoms with Crippen LogP contribution in [-0.2, 0) is 6.42 Å². The highest BCUT2D eigenvalue weighted by Crippen LogP contribution is 2.22. The summed E-state index contributed by atoms with van der Waals surface area (Å²) in [7, 11) is 3.34. The molecule has 0 radical (unpaired) electrons. The van der Waals surface area contributed by atoms with E-state index in [9.17, 15) is 9.90 Å². The fourth-order valence-corrected chi connectivity index (χ4v) is 2.39. The van der Waals surface area contributed by atoms with Gasteiger partial charge in [-0.15, -0.1) is 0 Å². The average molecular weight is 334 g/mol. The normalized spacial score (nSPS) is 11.8. The van der Waals surface area contributed by atoms with E-state index < -0.39 is 0 Å². The molecule has 0 aliphatic carbocycles. The number of carbonyl (C=O) groups is 1. The Labute approximate surface area is 140 Å². The van der Waals surface area contributed by atoms with Crippen LogP contribution in [0.5, 0.6) is 0 Å². The maximum Gasteiger partial charge on any atom is 0.254 e. The third kappa shape index (κ3) is 4.68. The van der Waals surface area contributed by atoms with Crippen LogP contribution in [0.25, 0.3) is 0 Å². The van der Waals surface area contributed by atoms with E-state index in [1.807, 2.05) is 30.3 Å². The van der Waals surface area contributed by atoms with Crippen LogP contribution in [0.1, 0.15) is 15.9 Å². The lowest BCUT2D eigenvalue weighted by molar-refractivity contribution is 0.0827. The quantitative estimate of drug-likeness (QED) is 0.852. The molecule has 1 amide bonds. The number of carbonyl (C=O) groups excluding carboxylic acids is 1. The summed E-state index contributed by atoms with van der Waals surface area (Å²) in [5.41, 5.74) is 1.53. The van der Waals surface area contributed by atoms with Gasteiger partial charge in [0.05, 0.1) is 23.2 Å². The number of halogens is 1. The van der Waals surface area contributed by atoms with Gasteiger partial charge in [0.15, 0.2) is 0 Å². The molecule has 1 aromatic heterocycles. The van der Waals surface area contributed by atoms with Gasteiger partial charge in [-0.25, -0.2) is 4.98 Å². The highest BCUT2D eigenvalue weighted by atomic mass is 35.5. The topological polar surface area (TPSA) is 65.5 Å². The lowest BCUT2D eigenvalue weighted by Gasteiger charge is -2.18. The second-order valence-corrected chi connectivity index (χ2v) is 5.87. The van der Waals surface area contributed by atoms with Gasteiger partial charge in [-0.1, -0.05) is 41.9 Å². The third-order valence-electron chi connectivity index (χ3n) is 3.38. The maximum atomic E-state index is 11.9. The highest BCUT2D eigenvalue weighted by molar-refractivity contribution is 6.33. The fourth-order valence-electron chi connectivity index (χ4n) is 2.17. The van der Waals surface area contributed by atoms with Crippen molar-refractivity contribution in [2.45, 2.75) is 12.5 Å². The van der Waals surface area contributed by atoms with Crippen molar-refractivity contribution in [3.63, 3.8) is 0 Å². The van der Waals surface area contributed by atoms with Gasteiger partial charge in [0, 0.05) is 20.3 Å². The van der Waals surface area contributed by atoms with Gasteiger partial charge in [-0.3, -0.25) is 4.79 Å². The molecule has 5 nitrogen and oxygen atoms in total. The molecule has 0 saturated carbocycles. The number of aromatic nitrogens is 1. The molecule has 1 atom stereocenters. The highest BCUT2D eigenvalue weighted by Gasteiger charge is 2.14. The molecule has 0 aliphatic rings. The Bertz CT molecular complexity index is 662. The van der Waals surface area contributed by atoms with Crippen molar-refractivity contribution in [1.29, 1.82) is 0 Å². The molecule has 1 heterocycles. The molecule has 122 valence electrons. The monoisotopic (exact) mass is 333 g/mol. The summed E-state index contributed by atoms with van der Waals surface area (Å²) in [6.45, 7) is -0.0503. The zero-order valence-electron chi connectivity index (χ0n) is 13.2. The van der Waals surface area contributed by atoms with Crippen LogP contribution in [0.3, 0.4) is 0 Å². The van der Waals surface area contributed by atoms with Crippen LogP contribution >= 0.6 is 11.6 Å². The van der Waals surface area contributed by atoms with Gasteiger partial charge >= 0.3 is 0 Å². The van der Waals surface area contributed by atoms with Crippen molar-refractivity contribution in [2.75, 3.05) is 26.0 Å².